The number of amides is 2. The van der Waals surface area contributed by atoms with Gasteiger partial charge in [0.1, 0.15) is 5.75 Å². The van der Waals surface area contributed by atoms with Crippen molar-refractivity contribution in [1.82, 2.24) is 5.32 Å². The van der Waals surface area contributed by atoms with Gasteiger partial charge in [0.05, 0.1) is 12.7 Å². The molecule has 0 bridgehead atoms. The molecule has 142 valence electrons. The van der Waals surface area contributed by atoms with Crippen molar-refractivity contribution in [1.29, 1.82) is 0 Å². The minimum Gasteiger partial charge on any atom is -0.484 e. The molecule has 0 heterocycles. The number of rotatable bonds is 8. The number of anilines is 1. The lowest BCUT2D eigenvalue weighted by atomic mass is 10.2. The Kier molecular flexibility index (Phi) is 7.37. The van der Waals surface area contributed by atoms with Crippen LogP contribution in [0.5, 0.6) is 5.75 Å². The number of hydrogen-bond donors (Lipinski definition) is 1. The molecule has 27 heavy (non-hydrogen) atoms. The Bertz CT molecular complexity index is 775. The van der Waals surface area contributed by atoms with Gasteiger partial charge in [0.2, 0.25) is 5.91 Å². The highest BCUT2D eigenvalue weighted by molar-refractivity contribution is 5.93. The first-order chi connectivity index (χ1) is 13.0. The maximum atomic E-state index is 11.9. The molecule has 0 spiro atoms. The van der Waals surface area contributed by atoms with Crippen molar-refractivity contribution in [3.8, 4) is 5.75 Å². The summed E-state index contributed by atoms with van der Waals surface area (Å²) in [6, 6.07) is 15.5. The summed E-state index contributed by atoms with van der Waals surface area (Å²) in [6.07, 6.45) is 0. The van der Waals surface area contributed by atoms with Gasteiger partial charge in [-0.1, -0.05) is 18.2 Å². The van der Waals surface area contributed by atoms with Gasteiger partial charge in [-0.2, -0.15) is 0 Å². The summed E-state index contributed by atoms with van der Waals surface area (Å²) in [6.45, 7) is 1.91. The topological polar surface area (TPSA) is 84.9 Å². The molecule has 7 nitrogen and oxygen atoms in total. The van der Waals surface area contributed by atoms with Crippen molar-refractivity contribution in [2.45, 2.75) is 6.92 Å². The second kappa shape index (κ2) is 9.96. The average Bonchev–Trinajstić information content (AvgIpc) is 2.69. The summed E-state index contributed by atoms with van der Waals surface area (Å²) in [4.78, 5) is 36.8. The highest BCUT2D eigenvalue weighted by atomic mass is 16.5. The van der Waals surface area contributed by atoms with E-state index in [9.17, 15) is 14.4 Å². The Morgan fingerprint density at radius 3 is 2.26 bits per heavy atom. The molecular formula is C20H22N2O5. The van der Waals surface area contributed by atoms with E-state index in [-0.39, 0.29) is 25.0 Å². The lowest BCUT2D eigenvalue weighted by molar-refractivity contribution is -0.123. The molecule has 0 radical (unpaired) electrons. The van der Waals surface area contributed by atoms with Gasteiger partial charge in [-0.25, -0.2) is 4.79 Å². The van der Waals surface area contributed by atoms with Gasteiger partial charge in [0.15, 0.2) is 6.61 Å². The number of para-hydroxylation sites is 1. The Hall–Kier alpha value is -3.35. The van der Waals surface area contributed by atoms with E-state index >= 15 is 0 Å². The Morgan fingerprint density at radius 2 is 1.67 bits per heavy atom. The summed E-state index contributed by atoms with van der Waals surface area (Å²) in [5.41, 5.74) is 1.03. The van der Waals surface area contributed by atoms with Gasteiger partial charge >= 0.3 is 5.97 Å². The molecule has 0 fully saturated rings. The predicted octanol–water partition coefficient (Wildman–Crippen LogP) is 2.02. The van der Waals surface area contributed by atoms with E-state index in [2.05, 4.69) is 10.1 Å². The summed E-state index contributed by atoms with van der Waals surface area (Å²) in [5, 5.41) is 2.71. The second-order valence-electron chi connectivity index (χ2n) is 5.66. The van der Waals surface area contributed by atoms with Crippen LogP contribution in [0.2, 0.25) is 0 Å². The number of methoxy groups -OCH3 is 1. The summed E-state index contributed by atoms with van der Waals surface area (Å²) < 4.78 is 10.0. The molecule has 2 aromatic carbocycles. The Morgan fingerprint density at radius 1 is 1.00 bits per heavy atom. The molecule has 0 aliphatic rings. The first-order valence-corrected chi connectivity index (χ1v) is 8.42. The molecule has 7 heteroatoms. The smallest absolute Gasteiger partial charge is 0.337 e. The van der Waals surface area contributed by atoms with Crippen LogP contribution in [0.1, 0.15) is 17.3 Å². The van der Waals surface area contributed by atoms with E-state index in [4.69, 9.17) is 4.74 Å². The highest BCUT2D eigenvalue weighted by Crippen LogP contribution is 2.16. The van der Waals surface area contributed by atoms with Gasteiger partial charge in [-0.05, 0) is 36.4 Å². The third-order valence-electron chi connectivity index (χ3n) is 3.75. The molecule has 0 unspecified atom stereocenters. The molecule has 0 aliphatic carbocycles. The third kappa shape index (κ3) is 6.14. The standard InChI is InChI=1S/C20H22N2O5/c1-15(23)22(17-10-8-16(9-11-17)20(25)26-2)13-12-21-19(24)14-27-18-6-4-3-5-7-18/h3-11H,12-14H2,1-2H3,(H,21,24). The van der Waals surface area contributed by atoms with Crippen molar-refractivity contribution < 1.29 is 23.9 Å². The molecule has 0 saturated heterocycles. The van der Waals surface area contributed by atoms with Crippen LogP contribution < -0.4 is 15.0 Å². The average molecular weight is 370 g/mol. The monoisotopic (exact) mass is 370 g/mol. The summed E-state index contributed by atoms with van der Waals surface area (Å²) in [7, 11) is 1.31. The maximum absolute atomic E-state index is 11.9. The highest BCUT2D eigenvalue weighted by Gasteiger charge is 2.13. The van der Waals surface area contributed by atoms with Gasteiger partial charge in [-0.3, -0.25) is 9.59 Å². The summed E-state index contributed by atoms with van der Waals surface area (Å²) in [5.74, 6) is -0.274. The Labute approximate surface area is 157 Å². The minimum atomic E-state index is -0.443. The first-order valence-electron chi connectivity index (χ1n) is 8.42. The van der Waals surface area contributed by atoms with Gasteiger partial charge in [0.25, 0.3) is 5.91 Å². The fourth-order valence-electron chi connectivity index (χ4n) is 2.39. The molecule has 2 amide bonds. The van der Waals surface area contributed by atoms with Crippen molar-refractivity contribution >= 4 is 23.5 Å². The molecule has 1 N–H and O–H groups in total. The number of ether oxygens (including phenoxy) is 2. The molecule has 0 saturated carbocycles. The zero-order valence-electron chi connectivity index (χ0n) is 15.3. The zero-order valence-corrected chi connectivity index (χ0v) is 15.3. The van der Waals surface area contributed by atoms with Gasteiger partial charge < -0.3 is 19.7 Å². The molecule has 0 aromatic heterocycles. The van der Waals surface area contributed by atoms with Crippen LogP contribution in [0.4, 0.5) is 5.69 Å². The van der Waals surface area contributed by atoms with Crippen molar-refractivity contribution in [2.24, 2.45) is 0 Å². The van der Waals surface area contributed by atoms with Crippen molar-refractivity contribution in [3.63, 3.8) is 0 Å². The SMILES string of the molecule is COC(=O)c1ccc(N(CCNC(=O)COc2ccccc2)C(C)=O)cc1. The van der Waals surface area contributed by atoms with Gasteiger partial charge in [-0.15, -0.1) is 0 Å². The van der Waals surface area contributed by atoms with E-state index in [0.717, 1.165) is 0 Å². The molecular weight excluding hydrogens is 348 g/mol. The van der Waals surface area contributed by atoms with Crippen LogP contribution in [0.3, 0.4) is 0 Å². The number of nitrogens with one attached hydrogen (secondary N) is 1. The van der Waals surface area contributed by atoms with Crippen LogP contribution in [0.25, 0.3) is 0 Å². The van der Waals surface area contributed by atoms with Crippen LogP contribution in [0, 0.1) is 0 Å². The fraction of sp³-hybridized carbons (Fsp3) is 0.250. The van der Waals surface area contributed by atoms with E-state index < -0.39 is 5.97 Å². The second-order valence-corrected chi connectivity index (χ2v) is 5.66. The van der Waals surface area contributed by atoms with Gasteiger partial charge in [0, 0.05) is 25.7 Å². The van der Waals surface area contributed by atoms with E-state index in [0.29, 0.717) is 23.5 Å². The number of hydrogen-bond acceptors (Lipinski definition) is 5. The predicted molar refractivity (Wildman–Crippen MR) is 101 cm³/mol. The zero-order chi connectivity index (χ0) is 19.6. The largest absolute Gasteiger partial charge is 0.484 e. The Balaban J connectivity index is 1.84. The van der Waals surface area contributed by atoms with Crippen LogP contribution in [-0.4, -0.2) is 44.6 Å². The van der Waals surface area contributed by atoms with Crippen molar-refractivity contribution in [2.75, 3.05) is 31.7 Å². The fourth-order valence-corrected chi connectivity index (χ4v) is 2.39. The number of benzene rings is 2. The lowest BCUT2D eigenvalue weighted by Gasteiger charge is -2.21. The van der Waals surface area contributed by atoms with Crippen molar-refractivity contribution in [3.05, 3.63) is 60.2 Å². The normalized spacial score (nSPS) is 10.0. The van der Waals surface area contributed by atoms with E-state index in [1.165, 1.54) is 18.9 Å². The number of carbonyl (C=O) groups excluding carboxylic acids is 3. The summed E-state index contributed by atoms with van der Waals surface area (Å²) >= 11 is 0. The molecule has 2 aromatic rings. The van der Waals surface area contributed by atoms with Crippen LogP contribution in [0.15, 0.2) is 54.6 Å². The molecule has 0 aliphatic heterocycles. The van der Waals surface area contributed by atoms with E-state index in [1.54, 1.807) is 36.4 Å². The molecule has 0 atom stereocenters. The third-order valence-corrected chi connectivity index (χ3v) is 3.75. The first kappa shape index (κ1) is 20.0. The maximum Gasteiger partial charge on any atom is 0.337 e. The number of nitrogens with zero attached hydrogens (tertiary/aromatic N) is 1. The van der Waals surface area contributed by atoms with Crippen LogP contribution >= 0.6 is 0 Å². The van der Waals surface area contributed by atoms with Crippen LogP contribution in [-0.2, 0) is 14.3 Å². The minimum absolute atomic E-state index is 0.0993. The molecule has 2 rings (SSSR count). The quantitative estimate of drug-likeness (QED) is 0.719. The lowest BCUT2D eigenvalue weighted by Crippen LogP contribution is -2.39. The van der Waals surface area contributed by atoms with E-state index in [1.807, 2.05) is 18.2 Å². The number of esters is 1. The number of carbonyl (C=O) groups is 3.